The lowest BCUT2D eigenvalue weighted by atomic mass is 10.1. The number of nitro benzene ring substituents is 1. The molecule has 1 aliphatic heterocycles. The third-order valence-electron chi connectivity index (χ3n) is 3.82. The van der Waals surface area contributed by atoms with Gasteiger partial charge in [0.15, 0.2) is 0 Å². The Hall–Kier alpha value is -1.92. The highest BCUT2D eigenvalue weighted by molar-refractivity contribution is 5.85. The quantitative estimate of drug-likeness (QED) is 0.491. The molecule has 1 atom stereocenters. The highest BCUT2D eigenvalue weighted by Crippen LogP contribution is 2.18. The number of piperidine rings is 1. The van der Waals surface area contributed by atoms with Gasteiger partial charge in [0.05, 0.1) is 17.5 Å². The van der Waals surface area contributed by atoms with Gasteiger partial charge in [-0.1, -0.05) is 18.2 Å². The summed E-state index contributed by atoms with van der Waals surface area (Å²) < 4.78 is 0. The molecule has 1 aromatic rings. The van der Waals surface area contributed by atoms with E-state index in [2.05, 4.69) is 11.9 Å². The van der Waals surface area contributed by atoms with Gasteiger partial charge in [0.1, 0.15) is 0 Å². The summed E-state index contributed by atoms with van der Waals surface area (Å²) in [6, 6.07) is 6.16. The predicted octanol–water partition coefficient (Wildman–Crippen LogP) is 2.67. The van der Waals surface area contributed by atoms with Crippen LogP contribution in [0.25, 0.3) is 0 Å². The minimum absolute atomic E-state index is 0. The first-order valence-corrected chi connectivity index (χ1v) is 7.49. The summed E-state index contributed by atoms with van der Waals surface area (Å²) in [7, 11) is 0. The molecule has 1 amide bonds. The Morgan fingerprint density at radius 1 is 1.39 bits per heavy atom. The third-order valence-corrected chi connectivity index (χ3v) is 3.82. The number of nitro groups is 1. The lowest BCUT2D eigenvalue weighted by Crippen LogP contribution is -2.51. The number of rotatable bonds is 6. The zero-order valence-corrected chi connectivity index (χ0v) is 13.8. The van der Waals surface area contributed by atoms with E-state index in [9.17, 15) is 14.9 Å². The van der Waals surface area contributed by atoms with Crippen LogP contribution in [0.3, 0.4) is 0 Å². The smallest absolute Gasteiger partial charge is 0.269 e. The number of benzene rings is 1. The normalized spacial score (nSPS) is 17.2. The minimum Gasteiger partial charge on any atom is -0.327 e. The molecule has 0 aromatic heterocycles. The van der Waals surface area contributed by atoms with Gasteiger partial charge in [0.25, 0.3) is 5.69 Å². The molecule has 1 aliphatic rings. The van der Waals surface area contributed by atoms with Crippen LogP contribution in [0.15, 0.2) is 36.9 Å². The second kappa shape index (κ2) is 9.27. The van der Waals surface area contributed by atoms with Gasteiger partial charge < -0.3 is 4.90 Å². The average Bonchev–Trinajstić information content (AvgIpc) is 2.53. The van der Waals surface area contributed by atoms with E-state index in [-0.39, 0.29) is 36.6 Å². The van der Waals surface area contributed by atoms with Crippen molar-refractivity contribution in [2.75, 3.05) is 13.1 Å². The Balaban J connectivity index is 0.00000264. The number of hydrogen-bond acceptors (Lipinski definition) is 4. The molecule has 0 spiro atoms. The number of carbonyl (C=O) groups is 1. The Bertz CT molecular complexity index is 548. The third kappa shape index (κ3) is 5.33. The lowest BCUT2D eigenvalue weighted by molar-refractivity contribution is -0.384. The minimum atomic E-state index is -0.439. The van der Waals surface area contributed by atoms with Crippen molar-refractivity contribution in [1.82, 2.24) is 10.2 Å². The Kier molecular flexibility index (Phi) is 7.71. The molecule has 0 bridgehead atoms. The number of likely N-dealkylation sites (tertiary alicyclic amines) is 1. The van der Waals surface area contributed by atoms with Gasteiger partial charge in [-0.3, -0.25) is 20.2 Å². The van der Waals surface area contributed by atoms with Gasteiger partial charge in [-0.15, -0.1) is 19.0 Å². The summed E-state index contributed by atoms with van der Waals surface area (Å²) in [5.74, 6) is 0.0510. The molecule has 0 saturated carbocycles. The van der Waals surface area contributed by atoms with Gasteiger partial charge in [-0.05, 0) is 24.8 Å². The zero-order valence-electron chi connectivity index (χ0n) is 12.9. The molecule has 7 heteroatoms. The van der Waals surface area contributed by atoms with Crippen LogP contribution in [-0.4, -0.2) is 35.0 Å². The van der Waals surface area contributed by atoms with E-state index < -0.39 is 4.92 Å². The summed E-state index contributed by atoms with van der Waals surface area (Å²) in [5, 5.41) is 13.9. The van der Waals surface area contributed by atoms with Crippen LogP contribution in [-0.2, 0) is 11.2 Å². The number of carbonyl (C=O) groups excluding carboxylic acids is 1. The standard InChI is InChI=1S/C16H21N3O3.ClH/c1-2-10-17-15-5-3-4-11-18(15)16(20)12-13-6-8-14(9-7-13)19(21)22;/h2,6-9,15,17H,1,3-5,10-12H2;1H. The molecule has 0 aliphatic carbocycles. The number of non-ortho nitro benzene ring substituents is 1. The second-order valence-electron chi connectivity index (χ2n) is 5.40. The van der Waals surface area contributed by atoms with Crippen LogP contribution >= 0.6 is 12.4 Å². The van der Waals surface area contributed by atoms with E-state index in [1.165, 1.54) is 12.1 Å². The molecular weight excluding hydrogens is 318 g/mol. The summed E-state index contributed by atoms with van der Waals surface area (Å²) in [4.78, 5) is 24.6. The number of halogens is 1. The molecule has 0 radical (unpaired) electrons. The first-order chi connectivity index (χ1) is 10.6. The highest BCUT2D eigenvalue weighted by Gasteiger charge is 2.25. The van der Waals surface area contributed by atoms with Crippen LogP contribution in [0.1, 0.15) is 24.8 Å². The Labute approximate surface area is 142 Å². The molecule has 1 aromatic carbocycles. The number of nitrogens with one attached hydrogen (secondary N) is 1. The van der Waals surface area contributed by atoms with Gasteiger partial charge in [-0.25, -0.2) is 0 Å². The van der Waals surface area contributed by atoms with Crippen molar-refractivity contribution in [1.29, 1.82) is 0 Å². The Morgan fingerprint density at radius 3 is 2.70 bits per heavy atom. The molecule has 1 saturated heterocycles. The van der Waals surface area contributed by atoms with E-state index in [0.29, 0.717) is 6.54 Å². The molecule has 126 valence electrons. The fourth-order valence-corrected chi connectivity index (χ4v) is 2.67. The molecular formula is C16H22ClN3O3. The molecule has 23 heavy (non-hydrogen) atoms. The molecule has 1 unspecified atom stereocenters. The van der Waals surface area contributed by atoms with Crippen LogP contribution in [0.5, 0.6) is 0 Å². The van der Waals surface area contributed by atoms with E-state index >= 15 is 0 Å². The van der Waals surface area contributed by atoms with Crippen LogP contribution < -0.4 is 5.32 Å². The van der Waals surface area contributed by atoms with Crippen molar-refractivity contribution < 1.29 is 9.72 Å². The van der Waals surface area contributed by atoms with Crippen LogP contribution in [0.2, 0.25) is 0 Å². The van der Waals surface area contributed by atoms with Gasteiger partial charge in [-0.2, -0.15) is 0 Å². The van der Waals surface area contributed by atoms with E-state index in [1.807, 2.05) is 4.90 Å². The first-order valence-electron chi connectivity index (χ1n) is 7.49. The van der Waals surface area contributed by atoms with E-state index in [1.54, 1.807) is 18.2 Å². The SMILES string of the molecule is C=CCNC1CCCCN1C(=O)Cc1ccc([N+](=O)[O-])cc1.Cl. The van der Waals surface area contributed by atoms with Crippen LogP contribution in [0, 0.1) is 10.1 Å². The van der Waals surface area contributed by atoms with Crippen molar-refractivity contribution >= 4 is 24.0 Å². The predicted molar refractivity (Wildman–Crippen MR) is 91.6 cm³/mol. The van der Waals surface area contributed by atoms with Gasteiger partial charge >= 0.3 is 0 Å². The fraction of sp³-hybridized carbons (Fsp3) is 0.438. The number of hydrogen-bond donors (Lipinski definition) is 1. The number of nitrogens with zero attached hydrogens (tertiary/aromatic N) is 2. The molecule has 2 rings (SSSR count). The van der Waals surface area contributed by atoms with Crippen molar-refractivity contribution in [3.63, 3.8) is 0 Å². The lowest BCUT2D eigenvalue weighted by Gasteiger charge is -2.36. The van der Waals surface area contributed by atoms with E-state index in [4.69, 9.17) is 0 Å². The van der Waals surface area contributed by atoms with E-state index in [0.717, 1.165) is 31.4 Å². The maximum absolute atomic E-state index is 12.5. The average molecular weight is 340 g/mol. The first kappa shape index (κ1) is 19.1. The van der Waals surface area contributed by atoms with Gasteiger partial charge in [0, 0.05) is 25.2 Å². The molecule has 6 nitrogen and oxygen atoms in total. The summed E-state index contributed by atoms with van der Waals surface area (Å²) in [6.07, 6.45) is 5.17. The van der Waals surface area contributed by atoms with Crippen molar-refractivity contribution in [2.45, 2.75) is 31.8 Å². The monoisotopic (exact) mass is 339 g/mol. The van der Waals surface area contributed by atoms with Crippen molar-refractivity contribution in [3.8, 4) is 0 Å². The fourth-order valence-electron chi connectivity index (χ4n) is 2.67. The summed E-state index contributed by atoms with van der Waals surface area (Å²) >= 11 is 0. The maximum Gasteiger partial charge on any atom is 0.269 e. The molecule has 1 N–H and O–H groups in total. The van der Waals surface area contributed by atoms with Crippen molar-refractivity contribution in [3.05, 3.63) is 52.6 Å². The second-order valence-corrected chi connectivity index (χ2v) is 5.40. The highest BCUT2D eigenvalue weighted by atomic mass is 35.5. The zero-order chi connectivity index (χ0) is 15.9. The summed E-state index contributed by atoms with van der Waals surface area (Å²) in [6.45, 7) is 5.11. The van der Waals surface area contributed by atoms with Crippen molar-refractivity contribution in [2.24, 2.45) is 0 Å². The molecule has 1 fully saturated rings. The van der Waals surface area contributed by atoms with Crippen LogP contribution in [0.4, 0.5) is 5.69 Å². The topological polar surface area (TPSA) is 75.5 Å². The molecule has 1 heterocycles. The Morgan fingerprint density at radius 2 is 2.09 bits per heavy atom. The largest absolute Gasteiger partial charge is 0.327 e. The maximum atomic E-state index is 12.5. The number of amides is 1. The van der Waals surface area contributed by atoms with Gasteiger partial charge in [0.2, 0.25) is 5.91 Å². The summed E-state index contributed by atoms with van der Waals surface area (Å²) in [5.41, 5.74) is 0.836.